The SMILES string of the molecule is Cc1ccc(OCc2cccc(C(=O)N(C)C3CCNC3)c2)cn1. The van der Waals surface area contributed by atoms with Crippen molar-refractivity contribution < 1.29 is 9.53 Å². The zero-order chi connectivity index (χ0) is 16.9. The third-order valence-electron chi connectivity index (χ3n) is 4.37. The molecule has 1 aromatic heterocycles. The first-order valence-electron chi connectivity index (χ1n) is 8.26. The molecule has 1 aliphatic rings. The lowest BCUT2D eigenvalue weighted by atomic mass is 10.1. The molecule has 126 valence electrons. The highest BCUT2D eigenvalue weighted by molar-refractivity contribution is 5.94. The third kappa shape index (κ3) is 3.92. The van der Waals surface area contributed by atoms with Gasteiger partial charge in [-0.2, -0.15) is 0 Å². The maximum Gasteiger partial charge on any atom is 0.253 e. The van der Waals surface area contributed by atoms with Gasteiger partial charge in [0.15, 0.2) is 0 Å². The second kappa shape index (κ2) is 7.45. The molecule has 1 atom stereocenters. The number of nitrogens with zero attached hydrogens (tertiary/aromatic N) is 2. The topological polar surface area (TPSA) is 54.5 Å². The quantitative estimate of drug-likeness (QED) is 0.917. The van der Waals surface area contributed by atoms with Gasteiger partial charge in [0, 0.05) is 30.9 Å². The van der Waals surface area contributed by atoms with Crippen molar-refractivity contribution in [3.8, 4) is 5.75 Å². The van der Waals surface area contributed by atoms with Crippen LogP contribution in [-0.4, -0.2) is 42.0 Å². The van der Waals surface area contributed by atoms with Crippen LogP contribution >= 0.6 is 0 Å². The summed E-state index contributed by atoms with van der Waals surface area (Å²) in [6, 6.07) is 11.7. The fraction of sp³-hybridized carbons (Fsp3) is 0.368. The van der Waals surface area contributed by atoms with Crippen LogP contribution in [0.25, 0.3) is 0 Å². The smallest absolute Gasteiger partial charge is 0.253 e. The minimum atomic E-state index is 0.0579. The molecule has 1 saturated heterocycles. The number of pyridine rings is 1. The van der Waals surface area contributed by atoms with Gasteiger partial charge in [0.05, 0.1) is 6.20 Å². The van der Waals surface area contributed by atoms with Crippen LogP contribution in [0.3, 0.4) is 0 Å². The van der Waals surface area contributed by atoms with Gasteiger partial charge in [0.1, 0.15) is 12.4 Å². The highest BCUT2D eigenvalue weighted by atomic mass is 16.5. The fourth-order valence-corrected chi connectivity index (χ4v) is 2.84. The van der Waals surface area contributed by atoms with E-state index in [4.69, 9.17) is 4.74 Å². The first kappa shape index (κ1) is 16.5. The molecule has 1 N–H and O–H groups in total. The number of aromatic nitrogens is 1. The normalized spacial score (nSPS) is 16.8. The molecule has 1 unspecified atom stereocenters. The van der Waals surface area contributed by atoms with E-state index in [1.54, 1.807) is 6.20 Å². The third-order valence-corrected chi connectivity index (χ3v) is 4.37. The van der Waals surface area contributed by atoms with Crippen molar-refractivity contribution >= 4 is 5.91 Å². The molecule has 1 aromatic carbocycles. The van der Waals surface area contributed by atoms with Gasteiger partial charge < -0.3 is 15.0 Å². The van der Waals surface area contributed by atoms with Crippen molar-refractivity contribution in [2.24, 2.45) is 0 Å². The van der Waals surface area contributed by atoms with Gasteiger partial charge in [-0.15, -0.1) is 0 Å². The predicted molar refractivity (Wildman–Crippen MR) is 93.1 cm³/mol. The van der Waals surface area contributed by atoms with Gasteiger partial charge in [-0.25, -0.2) is 0 Å². The highest BCUT2D eigenvalue weighted by Gasteiger charge is 2.24. The van der Waals surface area contributed by atoms with E-state index in [9.17, 15) is 4.79 Å². The predicted octanol–water partition coefficient (Wildman–Crippen LogP) is 2.40. The van der Waals surface area contributed by atoms with Gasteiger partial charge in [-0.1, -0.05) is 12.1 Å². The maximum atomic E-state index is 12.6. The monoisotopic (exact) mass is 325 g/mol. The molecule has 0 radical (unpaired) electrons. The van der Waals surface area contributed by atoms with Crippen LogP contribution in [0.2, 0.25) is 0 Å². The van der Waals surface area contributed by atoms with Crippen LogP contribution in [-0.2, 0) is 6.61 Å². The molecule has 1 aliphatic heterocycles. The zero-order valence-electron chi connectivity index (χ0n) is 14.2. The molecule has 0 bridgehead atoms. The van der Waals surface area contributed by atoms with Gasteiger partial charge in [-0.05, 0) is 49.7 Å². The number of carbonyl (C=O) groups excluding carboxylic acids is 1. The fourth-order valence-electron chi connectivity index (χ4n) is 2.84. The summed E-state index contributed by atoms with van der Waals surface area (Å²) in [6.07, 6.45) is 2.72. The van der Waals surface area contributed by atoms with Gasteiger partial charge in [-0.3, -0.25) is 9.78 Å². The Morgan fingerprint density at radius 3 is 2.96 bits per heavy atom. The Bertz CT molecular complexity index is 694. The summed E-state index contributed by atoms with van der Waals surface area (Å²) in [5, 5.41) is 3.29. The molecule has 5 nitrogen and oxygen atoms in total. The van der Waals surface area contributed by atoms with Crippen molar-refractivity contribution in [1.29, 1.82) is 0 Å². The molecule has 0 spiro atoms. The van der Waals surface area contributed by atoms with E-state index in [0.29, 0.717) is 12.2 Å². The summed E-state index contributed by atoms with van der Waals surface area (Å²) >= 11 is 0. The van der Waals surface area contributed by atoms with Crippen molar-refractivity contribution in [3.05, 3.63) is 59.4 Å². The Labute approximate surface area is 142 Å². The Morgan fingerprint density at radius 1 is 1.38 bits per heavy atom. The highest BCUT2D eigenvalue weighted by Crippen LogP contribution is 2.15. The maximum absolute atomic E-state index is 12.6. The lowest BCUT2D eigenvalue weighted by molar-refractivity contribution is 0.0743. The van der Waals surface area contributed by atoms with E-state index < -0.39 is 0 Å². The summed E-state index contributed by atoms with van der Waals surface area (Å²) in [5.74, 6) is 0.786. The molecule has 0 aliphatic carbocycles. The molecule has 24 heavy (non-hydrogen) atoms. The molecule has 0 saturated carbocycles. The summed E-state index contributed by atoms with van der Waals surface area (Å²) in [4.78, 5) is 18.7. The van der Waals surface area contributed by atoms with Crippen LogP contribution in [0, 0.1) is 6.92 Å². The number of rotatable bonds is 5. The summed E-state index contributed by atoms with van der Waals surface area (Å²) in [5.41, 5.74) is 2.63. The number of nitrogens with one attached hydrogen (secondary N) is 1. The average molecular weight is 325 g/mol. The molecule has 3 rings (SSSR count). The second-order valence-corrected chi connectivity index (χ2v) is 6.19. The first-order valence-corrected chi connectivity index (χ1v) is 8.26. The molecule has 5 heteroatoms. The van der Waals surface area contributed by atoms with Crippen molar-refractivity contribution in [2.45, 2.75) is 26.0 Å². The van der Waals surface area contributed by atoms with Crippen molar-refractivity contribution in [2.75, 3.05) is 20.1 Å². The Balaban J connectivity index is 1.64. The van der Waals surface area contributed by atoms with Gasteiger partial charge in [0.25, 0.3) is 5.91 Å². The average Bonchev–Trinajstić information content (AvgIpc) is 3.15. The van der Waals surface area contributed by atoms with Crippen LogP contribution in [0.5, 0.6) is 5.75 Å². The lowest BCUT2D eigenvalue weighted by Crippen LogP contribution is -2.38. The number of hydrogen-bond acceptors (Lipinski definition) is 4. The van der Waals surface area contributed by atoms with Gasteiger partial charge in [0.2, 0.25) is 0 Å². The number of hydrogen-bond donors (Lipinski definition) is 1. The van der Waals surface area contributed by atoms with E-state index in [1.165, 1.54) is 0 Å². The first-order chi connectivity index (χ1) is 11.6. The van der Waals surface area contributed by atoms with Crippen LogP contribution < -0.4 is 10.1 Å². The second-order valence-electron chi connectivity index (χ2n) is 6.19. The van der Waals surface area contributed by atoms with E-state index in [1.807, 2.05) is 55.3 Å². The summed E-state index contributed by atoms with van der Waals surface area (Å²) < 4.78 is 5.74. The van der Waals surface area contributed by atoms with E-state index >= 15 is 0 Å². The summed E-state index contributed by atoms with van der Waals surface area (Å²) in [7, 11) is 1.88. The Kier molecular flexibility index (Phi) is 5.11. The number of ether oxygens (including phenoxy) is 1. The molecule has 2 heterocycles. The lowest BCUT2D eigenvalue weighted by Gasteiger charge is -2.24. The largest absolute Gasteiger partial charge is 0.487 e. The number of likely N-dealkylation sites (N-methyl/N-ethyl adjacent to an activating group) is 1. The Hall–Kier alpha value is -2.40. The molecular weight excluding hydrogens is 302 g/mol. The number of benzene rings is 1. The molecule has 2 aromatic rings. The summed E-state index contributed by atoms with van der Waals surface area (Å²) in [6.45, 7) is 4.20. The number of amides is 1. The minimum absolute atomic E-state index is 0.0579. The van der Waals surface area contributed by atoms with Crippen LogP contribution in [0.15, 0.2) is 42.6 Å². The molecule has 1 fully saturated rings. The van der Waals surface area contributed by atoms with Crippen LogP contribution in [0.1, 0.15) is 28.0 Å². The Morgan fingerprint density at radius 2 is 2.25 bits per heavy atom. The van der Waals surface area contributed by atoms with E-state index in [-0.39, 0.29) is 11.9 Å². The van der Waals surface area contributed by atoms with Crippen LogP contribution in [0.4, 0.5) is 0 Å². The number of aryl methyl sites for hydroxylation is 1. The molecule has 1 amide bonds. The van der Waals surface area contributed by atoms with E-state index in [0.717, 1.165) is 36.5 Å². The standard InChI is InChI=1S/C19H23N3O2/c1-14-6-7-18(12-21-14)24-13-15-4-3-5-16(10-15)19(23)22(2)17-8-9-20-11-17/h3-7,10,12,17,20H,8-9,11,13H2,1-2H3. The number of carbonyl (C=O) groups is 1. The van der Waals surface area contributed by atoms with Gasteiger partial charge >= 0.3 is 0 Å². The van der Waals surface area contributed by atoms with Crippen molar-refractivity contribution in [1.82, 2.24) is 15.2 Å². The van der Waals surface area contributed by atoms with E-state index in [2.05, 4.69) is 10.3 Å². The minimum Gasteiger partial charge on any atom is -0.487 e. The zero-order valence-corrected chi connectivity index (χ0v) is 14.2. The molecular formula is C19H23N3O2. The van der Waals surface area contributed by atoms with Crippen molar-refractivity contribution in [3.63, 3.8) is 0 Å².